The summed E-state index contributed by atoms with van der Waals surface area (Å²) in [6.07, 6.45) is 5.58. The summed E-state index contributed by atoms with van der Waals surface area (Å²) >= 11 is 0. The maximum Gasteiger partial charge on any atom is 0.111 e. The summed E-state index contributed by atoms with van der Waals surface area (Å²) in [5, 5.41) is 0. The van der Waals surface area contributed by atoms with E-state index in [-0.39, 0.29) is 5.41 Å². The monoisotopic (exact) mass is 208 g/mol. The van der Waals surface area contributed by atoms with E-state index in [0.29, 0.717) is 5.92 Å². The first-order chi connectivity index (χ1) is 7.01. The van der Waals surface area contributed by atoms with Crippen LogP contribution in [0.3, 0.4) is 0 Å². The number of nitrogens with zero attached hydrogens (tertiary/aromatic N) is 1. The van der Waals surface area contributed by atoms with Crippen LogP contribution in [0.25, 0.3) is 0 Å². The van der Waals surface area contributed by atoms with Crippen molar-refractivity contribution >= 4 is 0 Å². The van der Waals surface area contributed by atoms with Crippen molar-refractivity contribution in [1.29, 1.82) is 0 Å². The van der Waals surface area contributed by atoms with Crippen LogP contribution < -0.4 is 0 Å². The van der Waals surface area contributed by atoms with Crippen molar-refractivity contribution in [2.24, 2.45) is 0 Å². The second-order valence-corrected chi connectivity index (χ2v) is 5.11. The van der Waals surface area contributed by atoms with E-state index in [4.69, 9.17) is 0 Å². The molecule has 86 valence electrons. The molecule has 0 amide bonds. The Bertz CT molecular complexity index is 299. The van der Waals surface area contributed by atoms with Gasteiger partial charge in [0.1, 0.15) is 5.82 Å². The minimum Gasteiger partial charge on any atom is -0.345 e. The Kier molecular flexibility index (Phi) is 3.95. The van der Waals surface area contributed by atoms with Gasteiger partial charge in [0.15, 0.2) is 0 Å². The largest absolute Gasteiger partial charge is 0.345 e. The predicted octanol–water partition coefficient (Wildman–Crippen LogP) is 4.00. The first kappa shape index (κ1) is 12.3. The van der Waals surface area contributed by atoms with Crippen molar-refractivity contribution in [3.63, 3.8) is 0 Å². The molecule has 1 heterocycles. The van der Waals surface area contributed by atoms with Crippen LogP contribution in [0.5, 0.6) is 0 Å². The predicted molar refractivity (Wildman–Crippen MR) is 65.2 cm³/mol. The maximum absolute atomic E-state index is 4.51. The molecular formula is C13H24N2. The Labute approximate surface area is 93.5 Å². The number of rotatable bonds is 5. The van der Waals surface area contributed by atoms with Gasteiger partial charge in [-0.2, -0.15) is 0 Å². The van der Waals surface area contributed by atoms with E-state index in [0.717, 1.165) is 12.2 Å². The molecule has 0 bridgehead atoms. The zero-order valence-electron chi connectivity index (χ0n) is 10.7. The first-order valence-electron chi connectivity index (χ1n) is 6.06. The zero-order chi connectivity index (χ0) is 11.5. The average Bonchev–Trinajstić information content (AvgIpc) is 2.67. The molecule has 1 rings (SSSR count). The highest BCUT2D eigenvalue weighted by Crippen LogP contribution is 2.26. The third-order valence-corrected chi connectivity index (χ3v) is 3.37. The minimum atomic E-state index is 0.171. The molecule has 0 saturated carbocycles. The summed E-state index contributed by atoms with van der Waals surface area (Å²) in [6.45, 7) is 11.2. The van der Waals surface area contributed by atoms with E-state index in [1.54, 1.807) is 0 Å². The lowest BCUT2D eigenvalue weighted by Crippen LogP contribution is -2.17. The molecule has 2 nitrogen and oxygen atoms in total. The van der Waals surface area contributed by atoms with Crippen LogP contribution in [0.1, 0.15) is 71.3 Å². The van der Waals surface area contributed by atoms with Gasteiger partial charge in [-0.3, -0.25) is 0 Å². The molecule has 0 saturated heterocycles. The van der Waals surface area contributed by atoms with Crippen LogP contribution >= 0.6 is 0 Å². The van der Waals surface area contributed by atoms with Crippen LogP contribution in [0, 0.1) is 0 Å². The van der Waals surface area contributed by atoms with Gasteiger partial charge >= 0.3 is 0 Å². The Morgan fingerprint density at radius 2 is 2.07 bits per heavy atom. The van der Waals surface area contributed by atoms with Gasteiger partial charge in [-0.15, -0.1) is 0 Å². The molecule has 0 aliphatic heterocycles. The fourth-order valence-corrected chi connectivity index (χ4v) is 1.69. The van der Waals surface area contributed by atoms with E-state index < -0.39 is 0 Å². The van der Waals surface area contributed by atoms with Crippen LogP contribution in [-0.2, 0) is 5.41 Å². The normalized spacial score (nSPS) is 14.2. The van der Waals surface area contributed by atoms with Gasteiger partial charge in [0, 0.05) is 17.3 Å². The number of hydrogen-bond acceptors (Lipinski definition) is 1. The molecule has 0 spiro atoms. The fourth-order valence-electron chi connectivity index (χ4n) is 1.69. The van der Waals surface area contributed by atoms with Crippen LogP contribution in [0.2, 0.25) is 0 Å². The quantitative estimate of drug-likeness (QED) is 0.778. The smallest absolute Gasteiger partial charge is 0.111 e. The zero-order valence-corrected chi connectivity index (χ0v) is 10.7. The number of hydrogen-bond donors (Lipinski definition) is 1. The van der Waals surface area contributed by atoms with Crippen molar-refractivity contribution in [3.05, 3.63) is 17.7 Å². The molecule has 1 atom stereocenters. The molecule has 0 aliphatic rings. The van der Waals surface area contributed by atoms with Gasteiger partial charge in [-0.05, 0) is 18.8 Å². The molecule has 0 aromatic carbocycles. The average molecular weight is 208 g/mol. The summed E-state index contributed by atoms with van der Waals surface area (Å²) in [6, 6.07) is 0. The molecule has 1 aromatic rings. The number of H-pyrrole nitrogens is 1. The maximum atomic E-state index is 4.51. The molecular weight excluding hydrogens is 184 g/mol. The van der Waals surface area contributed by atoms with Crippen LogP contribution in [-0.4, -0.2) is 9.97 Å². The second kappa shape index (κ2) is 4.82. The number of imidazole rings is 1. The highest BCUT2D eigenvalue weighted by molar-refractivity contribution is 5.12. The van der Waals surface area contributed by atoms with E-state index in [9.17, 15) is 0 Å². The molecule has 1 unspecified atom stereocenters. The number of aromatic nitrogens is 2. The van der Waals surface area contributed by atoms with Gasteiger partial charge < -0.3 is 4.98 Å². The summed E-state index contributed by atoms with van der Waals surface area (Å²) in [5.74, 6) is 1.73. The number of nitrogens with one attached hydrogen (secondary N) is 1. The first-order valence-corrected chi connectivity index (χ1v) is 6.06. The third kappa shape index (κ3) is 2.83. The van der Waals surface area contributed by atoms with Crippen molar-refractivity contribution in [1.82, 2.24) is 9.97 Å². The lowest BCUT2D eigenvalue weighted by atomic mass is 9.89. The summed E-state index contributed by atoms with van der Waals surface area (Å²) in [7, 11) is 0. The van der Waals surface area contributed by atoms with E-state index in [2.05, 4.69) is 44.6 Å². The lowest BCUT2D eigenvalue weighted by Gasteiger charge is -2.19. The Morgan fingerprint density at radius 1 is 1.40 bits per heavy atom. The highest BCUT2D eigenvalue weighted by atomic mass is 14.9. The molecule has 0 fully saturated rings. The van der Waals surface area contributed by atoms with Gasteiger partial charge in [-0.25, -0.2) is 4.98 Å². The third-order valence-electron chi connectivity index (χ3n) is 3.37. The Morgan fingerprint density at radius 3 is 2.60 bits per heavy atom. The van der Waals surface area contributed by atoms with Crippen molar-refractivity contribution in [2.75, 3.05) is 0 Å². The Hall–Kier alpha value is -0.790. The number of aromatic amines is 1. The molecule has 15 heavy (non-hydrogen) atoms. The van der Waals surface area contributed by atoms with Crippen molar-refractivity contribution in [2.45, 2.75) is 65.2 Å². The summed E-state index contributed by atoms with van der Waals surface area (Å²) in [5.41, 5.74) is 1.46. The van der Waals surface area contributed by atoms with Crippen molar-refractivity contribution in [3.8, 4) is 0 Å². The topological polar surface area (TPSA) is 28.7 Å². The van der Waals surface area contributed by atoms with E-state index >= 15 is 0 Å². The second-order valence-electron chi connectivity index (χ2n) is 5.11. The summed E-state index contributed by atoms with van der Waals surface area (Å²) < 4.78 is 0. The highest BCUT2D eigenvalue weighted by Gasteiger charge is 2.22. The summed E-state index contributed by atoms with van der Waals surface area (Å²) in [4.78, 5) is 7.98. The molecule has 0 radical (unpaired) electrons. The molecule has 1 N–H and O–H groups in total. The minimum absolute atomic E-state index is 0.171. The molecule has 1 aromatic heterocycles. The Balaban J connectivity index is 2.80. The van der Waals surface area contributed by atoms with Gasteiger partial charge in [0.2, 0.25) is 0 Å². The van der Waals surface area contributed by atoms with Crippen LogP contribution in [0.4, 0.5) is 0 Å². The lowest BCUT2D eigenvalue weighted by molar-refractivity contribution is 0.475. The van der Waals surface area contributed by atoms with Crippen LogP contribution in [0.15, 0.2) is 6.20 Å². The SMILES string of the molecule is CCCC(C)c1cnc(C(C)(C)CC)[nH]1. The van der Waals surface area contributed by atoms with Gasteiger partial charge in [0.25, 0.3) is 0 Å². The standard InChI is InChI=1S/C13H24N2/c1-6-8-10(3)11-9-14-12(15-11)13(4,5)7-2/h9-10H,6-8H2,1-5H3,(H,14,15). The van der Waals surface area contributed by atoms with E-state index in [1.807, 2.05) is 6.20 Å². The van der Waals surface area contributed by atoms with Crippen molar-refractivity contribution < 1.29 is 0 Å². The molecule has 0 aliphatic carbocycles. The van der Waals surface area contributed by atoms with E-state index in [1.165, 1.54) is 18.5 Å². The fraction of sp³-hybridized carbons (Fsp3) is 0.769. The van der Waals surface area contributed by atoms with Gasteiger partial charge in [0.05, 0.1) is 0 Å². The molecule has 2 heteroatoms. The van der Waals surface area contributed by atoms with Gasteiger partial charge in [-0.1, -0.05) is 41.0 Å².